The van der Waals surface area contributed by atoms with Crippen LogP contribution in [0.4, 0.5) is 0 Å². The monoisotopic (exact) mass is 246 g/mol. The van der Waals surface area contributed by atoms with Gasteiger partial charge in [0.15, 0.2) is 0 Å². The second-order valence-electron chi connectivity index (χ2n) is 5.74. The van der Waals surface area contributed by atoms with Gasteiger partial charge in [-0.2, -0.15) is 0 Å². The molecule has 2 rings (SSSR count). The van der Waals surface area contributed by atoms with Crippen molar-refractivity contribution >= 4 is 0 Å². The molecule has 1 atom stereocenters. The summed E-state index contributed by atoms with van der Waals surface area (Å²) >= 11 is 0. The number of methoxy groups -OCH3 is 1. The molecule has 0 amide bonds. The van der Waals surface area contributed by atoms with E-state index in [-0.39, 0.29) is 5.41 Å². The molecule has 0 spiro atoms. The van der Waals surface area contributed by atoms with E-state index >= 15 is 0 Å². The Bertz CT molecular complexity index is 429. The predicted octanol–water partition coefficient (Wildman–Crippen LogP) is 3.87. The number of allylic oxidation sites excluding steroid dienone is 1. The molecule has 2 heteroatoms. The van der Waals surface area contributed by atoms with Gasteiger partial charge in [-0.15, -0.1) is 0 Å². The minimum atomic E-state index is -0.476. The summed E-state index contributed by atoms with van der Waals surface area (Å²) in [6.45, 7) is 4.46. The molecule has 0 saturated heterocycles. The van der Waals surface area contributed by atoms with E-state index in [0.717, 1.165) is 29.7 Å². The Morgan fingerprint density at radius 3 is 2.44 bits per heavy atom. The maximum absolute atomic E-state index is 10.4. The molecule has 0 saturated carbocycles. The molecule has 18 heavy (non-hydrogen) atoms. The first-order chi connectivity index (χ1) is 8.52. The lowest BCUT2D eigenvalue weighted by atomic mass is 9.77. The number of hydrogen-bond acceptors (Lipinski definition) is 2. The van der Waals surface area contributed by atoms with Crippen LogP contribution in [0.1, 0.15) is 44.8 Å². The van der Waals surface area contributed by atoms with Crippen LogP contribution in [-0.4, -0.2) is 12.2 Å². The van der Waals surface area contributed by atoms with Crippen LogP contribution in [0.25, 0.3) is 0 Å². The number of aliphatic hydroxyl groups excluding tert-OH is 1. The zero-order chi connectivity index (χ0) is 13.2. The largest absolute Gasteiger partial charge is 0.497 e. The molecule has 2 nitrogen and oxygen atoms in total. The van der Waals surface area contributed by atoms with Gasteiger partial charge in [-0.05, 0) is 47.9 Å². The zero-order valence-electron chi connectivity index (χ0n) is 11.4. The molecule has 0 fully saturated rings. The number of ether oxygens (including phenoxy) is 1. The number of hydrogen-bond donors (Lipinski definition) is 1. The second kappa shape index (κ2) is 5.15. The maximum atomic E-state index is 10.4. The second-order valence-corrected chi connectivity index (χ2v) is 5.74. The van der Waals surface area contributed by atoms with Crippen molar-refractivity contribution in [3.05, 3.63) is 41.5 Å². The average molecular weight is 246 g/mol. The van der Waals surface area contributed by atoms with Gasteiger partial charge in [-0.1, -0.05) is 32.1 Å². The number of rotatable bonds is 3. The van der Waals surface area contributed by atoms with Crippen molar-refractivity contribution in [1.82, 2.24) is 0 Å². The van der Waals surface area contributed by atoms with Gasteiger partial charge in [0, 0.05) is 0 Å². The summed E-state index contributed by atoms with van der Waals surface area (Å²) in [7, 11) is 1.65. The molecular formula is C16H22O2. The quantitative estimate of drug-likeness (QED) is 0.820. The summed E-state index contributed by atoms with van der Waals surface area (Å²) in [5.41, 5.74) is 2.30. The fourth-order valence-corrected chi connectivity index (χ4v) is 2.61. The average Bonchev–Trinajstić information content (AvgIpc) is 2.37. The summed E-state index contributed by atoms with van der Waals surface area (Å²) in [5.74, 6) is 0.823. The maximum Gasteiger partial charge on any atom is 0.118 e. The molecule has 0 bridgehead atoms. The van der Waals surface area contributed by atoms with E-state index in [0.29, 0.717) is 0 Å². The van der Waals surface area contributed by atoms with Crippen LogP contribution in [-0.2, 0) is 0 Å². The molecule has 1 aliphatic rings. The molecule has 0 aliphatic heterocycles. The van der Waals surface area contributed by atoms with Crippen molar-refractivity contribution in [3.8, 4) is 5.75 Å². The van der Waals surface area contributed by atoms with Gasteiger partial charge in [0.05, 0.1) is 7.11 Å². The van der Waals surface area contributed by atoms with Gasteiger partial charge in [-0.25, -0.2) is 0 Å². The van der Waals surface area contributed by atoms with Crippen LogP contribution in [0.3, 0.4) is 0 Å². The lowest BCUT2D eigenvalue weighted by Crippen LogP contribution is -2.16. The normalized spacial score (nSPS) is 20.1. The van der Waals surface area contributed by atoms with Crippen LogP contribution >= 0.6 is 0 Å². The molecule has 0 heterocycles. The van der Waals surface area contributed by atoms with Gasteiger partial charge < -0.3 is 9.84 Å². The van der Waals surface area contributed by atoms with Crippen LogP contribution in [0, 0.1) is 5.41 Å². The van der Waals surface area contributed by atoms with E-state index in [4.69, 9.17) is 4.74 Å². The first-order valence-corrected chi connectivity index (χ1v) is 6.55. The smallest absolute Gasteiger partial charge is 0.118 e. The van der Waals surface area contributed by atoms with Crippen molar-refractivity contribution in [3.63, 3.8) is 0 Å². The van der Waals surface area contributed by atoms with E-state index in [1.165, 1.54) is 6.42 Å². The highest BCUT2D eigenvalue weighted by Crippen LogP contribution is 2.38. The third kappa shape index (κ3) is 2.94. The fourth-order valence-electron chi connectivity index (χ4n) is 2.61. The van der Waals surface area contributed by atoms with Gasteiger partial charge in [0.2, 0.25) is 0 Å². The Kier molecular flexibility index (Phi) is 3.76. The summed E-state index contributed by atoms with van der Waals surface area (Å²) < 4.78 is 5.13. The van der Waals surface area contributed by atoms with E-state index in [1.54, 1.807) is 7.11 Å². The SMILES string of the molecule is COc1ccc(C(O)C2=CC(C)(C)CCC2)cc1. The highest BCUT2D eigenvalue weighted by atomic mass is 16.5. The summed E-state index contributed by atoms with van der Waals surface area (Å²) in [6, 6.07) is 7.66. The molecule has 1 aromatic carbocycles. The summed E-state index contributed by atoms with van der Waals surface area (Å²) in [6.07, 6.45) is 5.12. The Morgan fingerprint density at radius 2 is 1.89 bits per heavy atom. The first-order valence-electron chi connectivity index (χ1n) is 6.55. The van der Waals surface area contributed by atoms with Gasteiger partial charge in [0.1, 0.15) is 11.9 Å². The molecular weight excluding hydrogens is 224 g/mol. The molecule has 0 radical (unpaired) electrons. The van der Waals surface area contributed by atoms with Crippen LogP contribution in [0.5, 0.6) is 5.75 Å². The molecule has 98 valence electrons. The summed E-state index contributed by atoms with van der Waals surface area (Å²) in [4.78, 5) is 0. The van der Waals surface area contributed by atoms with E-state index in [1.807, 2.05) is 24.3 Å². The molecule has 1 N–H and O–H groups in total. The number of aliphatic hydroxyl groups is 1. The van der Waals surface area contributed by atoms with E-state index in [9.17, 15) is 5.11 Å². The van der Waals surface area contributed by atoms with E-state index in [2.05, 4.69) is 19.9 Å². The van der Waals surface area contributed by atoms with Crippen molar-refractivity contribution in [2.45, 2.75) is 39.2 Å². The third-order valence-corrected chi connectivity index (χ3v) is 3.65. The minimum Gasteiger partial charge on any atom is -0.497 e. The highest BCUT2D eigenvalue weighted by molar-refractivity contribution is 5.33. The van der Waals surface area contributed by atoms with E-state index < -0.39 is 6.10 Å². The molecule has 1 aromatic rings. The van der Waals surface area contributed by atoms with Crippen LogP contribution in [0.2, 0.25) is 0 Å². The Labute approximate surface area is 109 Å². The van der Waals surface area contributed by atoms with Crippen molar-refractivity contribution in [2.75, 3.05) is 7.11 Å². The number of benzene rings is 1. The topological polar surface area (TPSA) is 29.5 Å². The zero-order valence-corrected chi connectivity index (χ0v) is 11.4. The third-order valence-electron chi connectivity index (χ3n) is 3.65. The molecule has 1 aliphatic carbocycles. The first kappa shape index (κ1) is 13.2. The predicted molar refractivity (Wildman–Crippen MR) is 73.7 cm³/mol. The summed E-state index contributed by atoms with van der Waals surface area (Å²) in [5, 5.41) is 10.4. The lowest BCUT2D eigenvalue weighted by Gasteiger charge is -2.29. The lowest BCUT2D eigenvalue weighted by molar-refractivity contribution is 0.201. The van der Waals surface area contributed by atoms with Crippen molar-refractivity contribution in [1.29, 1.82) is 0 Å². The van der Waals surface area contributed by atoms with Gasteiger partial charge in [-0.3, -0.25) is 0 Å². The molecule has 1 unspecified atom stereocenters. The standard InChI is InChI=1S/C16H22O2/c1-16(2)10-4-5-13(11-16)15(17)12-6-8-14(18-3)9-7-12/h6-9,11,15,17H,4-5,10H2,1-3H3. The Hall–Kier alpha value is -1.28. The Morgan fingerprint density at radius 1 is 1.22 bits per heavy atom. The van der Waals surface area contributed by atoms with Crippen molar-refractivity contribution < 1.29 is 9.84 Å². The Balaban J connectivity index is 2.20. The fraction of sp³-hybridized carbons (Fsp3) is 0.500. The molecule has 0 aromatic heterocycles. The minimum absolute atomic E-state index is 0.209. The highest BCUT2D eigenvalue weighted by Gasteiger charge is 2.24. The van der Waals surface area contributed by atoms with Gasteiger partial charge >= 0.3 is 0 Å². The van der Waals surface area contributed by atoms with Crippen molar-refractivity contribution in [2.24, 2.45) is 5.41 Å². The van der Waals surface area contributed by atoms with Crippen LogP contribution in [0.15, 0.2) is 35.9 Å². The van der Waals surface area contributed by atoms with Crippen LogP contribution < -0.4 is 4.74 Å². The van der Waals surface area contributed by atoms with Gasteiger partial charge in [0.25, 0.3) is 0 Å².